The molecule has 2 N–H and O–H groups in total. The predicted octanol–water partition coefficient (Wildman–Crippen LogP) is 2.90. The zero-order valence-corrected chi connectivity index (χ0v) is 14.2. The van der Waals surface area contributed by atoms with Crippen LogP contribution in [0.1, 0.15) is 36.0 Å². The van der Waals surface area contributed by atoms with Crippen LogP contribution in [0, 0.1) is 5.82 Å². The summed E-state index contributed by atoms with van der Waals surface area (Å²) in [5.41, 5.74) is 3.67. The summed E-state index contributed by atoms with van der Waals surface area (Å²) in [6, 6.07) is 4.82. The number of benzene rings is 1. The first-order valence-electron chi connectivity index (χ1n) is 8.73. The van der Waals surface area contributed by atoms with Crippen molar-refractivity contribution in [2.24, 2.45) is 0 Å². The average Bonchev–Trinajstić information content (AvgIpc) is 2.97. The zero-order chi connectivity index (χ0) is 17.4. The standard InChI is InChI=1S/C19H21FN4O/c1-2-3-18-22-17-11-24(7-6-15(17)19(25)23-18)10-12-9-21-16-8-13(20)4-5-14(12)16/h4-5,8-9,21H,2-3,6-7,10-11H2,1H3,(H,22,23,25). The molecule has 130 valence electrons. The number of aromatic nitrogens is 3. The molecular formula is C19H21FN4O. The molecule has 1 aliphatic heterocycles. The van der Waals surface area contributed by atoms with Gasteiger partial charge in [-0.05, 0) is 36.6 Å². The van der Waals surface area contributed by atoms with Crippen LogP contribution in [0.4, 0.5) is 4.39 Å². The number of nitrogens with one attached hydrogen (secondary N) is 2. The monoisotopic (exact) mass is 340 g/mol. The van der Waals surface area contributed by atoms with Crippen LogP contribution in [-0.2, 0) is 25.9 Å². The van der Waals surface area contributed by atoms with Gasteiger partial charge in [0.1, 0.15) is 11.6 Å². The lowest BCUT2D eigenvalue weighted by Gasteiger charge is -2.27. The summed E-state index contributed by atoms with van der Waals surface area (Å²) in [4.78, 5) is 25.2. The summed E-state index contributed by atoms with van der Waals surface area (Å²) in [7, 11) is 0. The van der Waals surface area contributed by atoms with Gasteiger partial charge in [-0.3, -0.25) is 9.69 Å². The number of aryl methyl sites for hydroxylation is 1. The lowest BCUT2D eigenvalue weighted by molar-refractivity contribution is 0.241. The van der Waals surface area contributed by atoms with Gasteiger partial charge in [0.25, 0.3) is 5.56 Å². The molecule has 0 spiro atoms. The normalized spacial score (nSPS) is 14.8. The van der Waals surface area contributed by atoms with E-state index in [1.165, 1.54) is 12.1 Å². The topological polar surface area (TPSA) is 64.8 Å². The van der Waals surface area contributed by atoms with E-state index in [1.54, 1.807) is 0 Å². The number of halogens is 1. The summed E-state index contributed by atoms with van der Waals surface area (Å²) in [6.07, 6.45) is 4.39. The van der Waals surface area contributed by atoms with Crippen LogP contribution < -0.4 is 5.56 Å². The Morgan fingerprint density at radius 1 is 1.36 bits per heavy atom. The van der Waals surface area contributed by atoms with Gasteiger partial charge in [0.15, 0.2) is 0 Å². The zero-order valence-electron chi connectivity index (χ0n) is 14.2. The van der Waals surface area contributed by atoms with Crippen LogP contribution in [0.25, 0.3) is 10.9 Å². The molecule has 0 radical (unpaired) electrons. The Hall–Kier alpha value is -2.47. The maximum absolute atomic E-state index is 13.3. The molecule has 0 unspecified atom stereocenters. The minimum absolute atomic E-state index is 0.00988. The SMILES string of the molecule is CCCc1nc2c(c(=O)[nH]1)CCN(Cc1c[nH]c3cc(F)ccc13)C2. The fourth-order valence-corrected chi connectivity index (χ4v) is 3.57. The van der Waals surface area contributed by atoms with E-state index in [0.29, 0.717) is 13.0 Å². The molecule has 0 saturated heterocycles. The van der Waals surface area contributed by atoms with Gasteiger partial charge in [-0.15, -0.1) is 0 Å². The first-order valence-corrected chi connectivity index (χ1v) is 8.73. The largest absolute Gasteiger partial charge is 0.361 e. The second kappa shape index (κ2) is 6.44. The predicted molar refractivity (Wildman–Crippen MR) is 94.9 cm³/mol. The van der Waals surface area contributed by atoms with Crippen LogP contribution in [0.2, 0.25) is 0 Å². The lowest BCUT2D eigenvalue weighted by Crippen LogP contribution is -2.35. The van der Waals surface area contributed by atoms with Gasteiger partial charge in [0.05, 0.1) is 5.69 Å². The molecule has 0 aliphatic carbocycles. The average molecular weight is 340 g/mol. The summed E-state index contributed by atoms with van der Waals surface area (Å²) in [5, 5.41) is 1.04. The Morgan fingerprint density at radius 2 is 2.24 bits per heavy atom. The van der Waals surface area contributed by atoms with Gasteiger partial charge in [-0.25, -0.2) is 9.37 Å². The first kappa shape index (κ1) is 16.0. The third-order valence-corrected chi connectivity index (χ3v) is 4.81. The van der Waals surface area contributed by atoms with Gasteiger partial charge in [-0.2, -0.15) is 0 Å². The van der Waals surface area contributed by atoms with Crippen molar-refractivity contribution in [3.8, 4) is 0 Å². The van der Waals surface area contributed by atoms with Crippen molar-refractivity contribution in [2.75, 3.05) is 6.54 Å². The Balaban J connectivity index is 1.58. The Bertz CT molecular complexity index is 975. The van der Waals surface area contributed by atoms with Crippen molar-refractivity contribution in [1.82, 2.24) is 19.9 Å². The van der Waals surface area contributed by atoms with Crippen molar-refractivity contribution in [3.05, 3.63) is 63.2 Å². The molecule has 3 heterocycles. The van der Waals surface area contributed by atoms with Crippen LogP contribution in [0.5, 0.6) is 0 Å². The van der Waals surface area contributed by atoms with E-state index >= 15 is 0 Å². The molecular weight excluding hydrogens is 319 g/mol. The maximum atomic E-state index is 13.3. The third kappa shape index (κ3) is 3.09. The fourth-order valence-electron chi connectivity index (χ4n) is 3.57. The van der Waals surface area contributed by atoms with Crippen molar-refractivity contribution in [3.63, 3.8) is 0 Å². The van der Waals surface area contributed by atoms with Gasteiger partial charge < -0.3 is 9.97 Å². The van der Waals surface area contributed by atoms with Crippen LogP contribution in [0.15, 0.2) is 29.2 Å². The minimum Gasteiger partial charge on any atom is -0.361 e. The van der Waals surface area contributed by atoms with Gasteiger partial charge in [-0.1, -0.05) is 6.92 Å². The summed E-state index contributed by atoms with van der Waals surface area (Å²) < 4.78 is 13.3. The molecule has 0 saturated carbocycles. The highest BCUT2D eigenvalue weighted by molar-refractivity contribution is 5.83. The van der Waals surface area contributed by atoms with Gasteiger partial charge >= 0.3 is 0 Å². The molecule has 6 heteroatoms. The van der Waals surface area contributed by atoms with E-state index in [4.69, 9.17) is 0 Å². The van der Waals surface area contributed by atoms with Crippen LogP contribution >= 0.6 is 0 Å². The van der Waals surface area contributed by atoms with E-state index in [-0.39, 0.29) is 11.4 Å². The highest BCUT2D eigenvalue weighted by Gasteiger charge is 2.21. The molecule has 4 rings (SSSR count). The molecule has 0 amide bonds. The number of aromatic amines is 2. The van der Waals surface area contributed by atoms with Crippen molar-refractivity contribution < 1.29 is 4.39 Å². The summed E-state index contributed by atoms with van der Waals surface area (Å²) >= 11 is 0. The molecule has 1 aliphatic rings. The maximum Gasteiger partial charge on any atom is 0.254 e. The minimum atomic E-state index is -0.236. The molecule has 3 aromatic rings. The quantitative estimate of drug-likeness (QED) is 0.767. The summed E-state index contributed by atoms with van der Waals surface area (Å²) in [6.45, 7) is 4.32. The number of hydrogen-bond acceptors (Lipinski definition) is 3. The van der Waals surface area contributed by atoms with E-state index in [0.717, 1.165) is 59.5 Å². The van der Waals surface area contributed by atoms with Crippen molar-refractivity contribution in [2.45, 2.75) is 39.3 Å². The number of nitrogens with zero attached hydrogens (tertiary/aromatic N) is 2. The lowest BCUT2D eigenvalue weighted by atomic mass is 10.0. The third-order valence-electron chi connectivity index (χ3n) is 4.81. The molecule has 25 heavy (non-hydrogen) atoms. The van der Waals surface area contributed by atoms with Gasteiger partial charge in [0.2, 0.25) is 0 Å². The van der Waals surface area contributed by atoms with Gasteiger partial charge in [0, 0.05) is 48.7 Å². The van der Waals surface area contributed by atoms with E-state index in [2.05, 4.69) is 26.8 Å². The Labute approximate surface area is 144 Å². The number of fused-ring (bicyclic) bond motifs is 2. The van der Waals surface area contributed by atoms with Crippen molar-refractivity contribution in [1.29, 1.82) is 0 Å². The van der Waals surface area contributed by atoms with E-state index < -0.39 is 0 Å². The molecule has 2 aromatic heterocycles. The Kier molecular flexibility index (Phi) is 4.13. The Morgan fingerprint density at radius 3 is 3.08 bits per heavy atom. The smallest absolute Gasteiger partial charge is 0.254 e. The molecule has 0 bridgehead atoms. The second-order valence-corrected chi connectivity index (χ2v) is 6.65. The van der Waals surface area contributed by atoms with E-state index in [1.807, 2.05) is 12.3 Å². The fraction of sp³-hybridized carbons (Fsp3) is 0.368. The molecule has 0 fully saturated rings. The highest BCUT2D eigenvalue weighted by Crippen LogP contribution is 2.23. The first-order chi connectivity index (χ1) is 12.1. The number of H-pyrrole nitrogens is 2. The van der Waals surface area contributed by atoms with Crippen LogP contribution in [-0.4, -0.2) is 26.4 Å². The second-order valence-electron chi connectivity index (χ2n) is 6.65. The van der Waals surface area contributed by atoms with Crippen LogP contribution in [0.3, 0.4) is 0 Å². The summed E-state index contributed by atoms with van der Waals surface area (Å²) in [5.74, 6) is 0.537. The number of hydrogen-bond donors (Lipinski definition) is 2. The molecule has 5 nitrogen and oxygen atoms in total. The van der Waals surface area contributed by atoms with Crippen molar-refractivity contribution >= 4 is 10.9 Å². The number of rotatable bonds is 4. The van der Waals surface area contributed by atoms with E-state index in [9.17, 15) is 9.18 Å². The highest BCUT2D eigenvalue weighted by atomic mass is 19.1. The molecule has 0 atom stereocenters. The molecule has 1 aromatic carbocycles.